The van der Waals surface area contributed by atoms with Gasteiger partial charge in [-0.2, -0.15) is 0 Å². The summed E-state index contributed by atoms with van der Waals surface area (Å²) in [5, 5.41) is 4.85. The smallest absolute Gasteiger partial charge is 0.0523 e. The maximum atomic E-state index is 3.53. The van der Waals surface area contributed by atoms with Crippen molar-refractivity contribution in [2.45, 2.75) is 32.9 Å². The Morgan fingerprint density at radius 1 is 1.19 bits per heavy atom. The molecule has 0 aliphatic rings. The van der Waals surface area contributed by atoms with Crippen molar-refractivity contribution < 1.29 is 0 Å². The summed E-state index contributed by atoms with van der Waals surface area (Å²) in [6, 6.07) is 8.65. The van der Waals surface area contributed by atoms with E-state index >= 15 is 0 Å². The lowest BCUT2D eigenvalue weighted by Gasteiger charge is -2.21. The lowest BCUT2D eigenvalue weighted by molar-refractivity contribution is 0.425. The molecule has 0 unspecified atom stereocenters. The molecule has 0 saturated heterocycles. The Morgan fingerprint density at radius 3 is 2.62 bits per heavy atom. The largest absolute Gasteiger partial charge is 0.350 e. The zero-order chi connectivity index (χ0) is 11.8. The van der Waals surface area contributed by atoms with E-state index in [1.54, 1.807) is 0 Å². The number of nitrogens with zero attached hydrogens (tertiary/aromatic N) is 1. The van der Waals surface area contributed by atoms with E-state index in [4.69, 9.17) is 0 Å². The SMILES string of the molecule is Cn1ccc2cccc(CNC(C)(C)C)c21. The van der Waals surface area contributed by atoms with Crippen LogP contribution in [0.2, 0.25) is 0 Å². The van der Waals surface area contributed by atoms with Crippen LogP contribution < -0.4 is 5.32 Å². The fourth-order valence-corrected chi connectivity index (χ4v) is 1.95. The van der Waals surface area contributed by atoms with E-state index in [1.165, 1.54) is 16.5 Å². The highest BCUT2D eigenvalue weighted by atomic mass is 15.0. The maximum absolute atomic E-state index is 3.53. The van der Waals surface area contributed by atoms with Crippen LogP contribution in [-0.4, -0.2) is 10.1 Å². The number of hydrogen-bond acceptors (Lipinski definition) is 1. The minimum atomic E-state index is 0.160. The second-order valence-corrected chi connectivity index (χ2v) is 5.39. The molecule has 2 heteroatoms. The number of benzene rings is 1. The summed E-state index contributed by atoms with van der Waals surface area (Å²) in [7, 11) is 2.10. The summed E-state index contributed by atoms with van der Waals surface area (Å²) < 4.78 is 2.19. The molecule has 0 amide bonds. The molecule has 1 heterocycles. The molecular formula is C14H20N2. The van der Waals surface area contributed by atoms with Gasteiger partial charge in [0, 0.05) is 25.3 Å². The molecule has 0 aliphatic heterocycles. The van der Waals surface area contributed by atoms with Crippen molar-refractivity contribution >= 4 is 10.9 Å². The van der Waals surface area contributed by atoms with Gasteiger partial charge in [-0.25, -0.2) is 0 Å². The summed E-state index contributed by atoms with van der Waals surface area (Å²) >= 11 is 0. The van der Waals surface area contributed by atoms with Gasteiger partial charge in [-0.3, -0.25) is 0 Å². The van der Waals surface area contributed by atoms with Crippen molar-refractivity contribution in [3.63, 3.8) is 0 Å². The molecule has 16 heavy (non-hydrogen) atoms. The van der Waals surface area contributed by atoms with Crippen LogP contribution in [0.25, 0.3) is 10.9 Å². The van der Waals surface area contributed by atoms with Gasteiger partial charge in [0.2, 0.25) is 0 Å². The minimum absolute atomic E-state index is 0.160. The van der Waals surface area contributed by atoms with Crippen LogP contribution in [0.1, 0.15) is 26.3 Å². The van der Waals surface area contributed by atoms with Gasteiger partial charge in [0.1, 0.15) is 0 Å². The zero-order valence-electron chi connectivity index (χ0n) is 10.5. The number of nitrogens with one attached hydrogen (secondary N) is 1. The Morgan fingerprint density at radius 2 is 1.94 bits per heavy atom. The Balaban J connectivity index is 2.33. The second kappa shape index (κ2) is 3.95. The van der Waals surface area contributed by atoms with Crippen LogP contribution in [0.5, 0.6) is 0 Å². The Hall–Kier alpha value is -1.28. The van der Waals surface area contributed by atoms with E-state index in [-0.39, 0.29) is 5.54 Å². The summed E-state index contributed by atoms with van der Waals surface area (Å²) in [4.78, 5) is 0. The van der Waals surface area contributed by atoms with E-state index in [0.717, 1.165) is 6.54 Å². The molecular weight excluding hydrogens is 196 g/mol. The molecule has 0 spiro atoms. The van der Waals surface area contributed by atoms with Crippen molar-refractivity contribution in [2.24, 2.45) is 7.05 Å². The molecule has 2 nitrogen and oxygen atoms in total. The van der Waals surface area contributed by atoms with Crippen LogP contribution in [0.15, 0.2) is 30.5 Å². The van der Waals surface area contributed by atoms with E-state index in [2.05, 4.69) is 68.2 Å². The third-order valence-corrected chi connectivity index (χ3v) is 2.79. The average molecular weight is 216 g/mol. The van der Waals surface area contributed by atoms with E-state index < -0.39 is 0 Å². The molecule has 0 saturated carbocycles. The highest BCUT2D eigenvalue weighted by molar-refractivity contribution is 5.83. The number of fused-ring (bicyclic) bond motifs is 1. The lowest BCUT2D eigenvalue weighted by atomic mass is 10.1. The third kappa shape index (κ3) is 2.27. The predicted octanol–water partition coefficient (Wildman–Crippen LogP) is 3.07. The predicted molar refractivity (Wildman–Crippen MR) is 69.5 cm³/mol. The zero-order valence-corrected chi connectivity index (χ0v) is 10.5. The van der Waals surface area contributed by atoms with Gasteiger partial charge in [0.15, 0.2) is 0 Å². The number of aromatic nitrogens is 1. The van der Waals surface area contributed by atoms with Crippen LogP contribution in [-0.2, 0) is 13.6 Å². The van der Waals surface area contributed by atoms with Crippen LogP contribution in [0.4, 0.5) is 0 Å². The molecule has 2 aromatic rings. The van der Waals surface area contributed by atoms with E-state index in [1.807, 2.05) is 0 Å². The normalized spacial score (nSPS) is 12.2. The first kappa shape index (κ1) is 11.2. The summed E-state index contributed by atoms with van der Waals surface area (Å²) in [6.07, 6.45) is 2.12. The molecule has 0 aliphatic carbocycles. The summed E-state index contributed by atoms with van der Waals surface area (Å²) in [6.45, 7) is 7.49. The topological polar surface area (TPSA) is 17.0 Å². The van der Waals surface area contributed by atoms with Crippen molar-refractivity contribution in [3.05, 3.63) is 36.0 Å². The fourth-order valence-electron chi connectivity index (χ4n) is 1.95. The highest BCUT2D eigenvalue weighted by Crippen LogP contribution is 2.19. The number of para-hydroxylation sites is 1. The molecule has 0 fully saturated rings. The molecule has 0 bridgehead atoms. The summed E-state index contributed by atoms with van der Waals surface area (Å²) in [5.74, 6) is 0. The van der Waals surface area contributed by atoms with Gasteiger partial charge in [-0.1, -0.05) is 18.2 Å². The maximum Gasteiger partial charge on any atom is 0.0523 e. The van der Waals surface area contributed by atoms with Crippen molar-refractivity contribution in [3.8, 4) is 0 Å². The highest BCUT2D eigenvalue weighted by Gasteiger charge is 2.10. The second-order valence-electron chi connectivity index (χ2n) is 5.39. The number of hydrogen-bond donors (Lipinski definition) is 1. The lowest BCUT2D eigenvalue weighted by Crippen LogP contribution is -2.35. The molecule has 1 aromatic heterocycles. The summed E-state index contributed by atoms with van der Waals surface area (Å²) in [5.41, 5.74) is 2.85. The molecule has 1 aromatic carbocycles. The Labute approximate surface area is 97.3 Å². The van der Waals surface area contributed by atoms with Gasteiger partial charge in [-0.15, -0.1) is 0 Å². The van der Waals surface area contributed by atoms with Gasteiger partial charge in [0.25, 0.3) is 0 Å². The van der Waals surface area contributed by atoms with Gasteiger partial charge in [-0.05, 0) is 37.8 Å². The van der Waals surface area contributed by atoms with E-state index in [9.17, 15) is 0 Å². The van der Waals surface area contributed by atoms with Gasteiger partial charge >= 0.3 is 0 Å². The Kier molecular flexibility index (Phi) is 2.76. The Bertz CT molecular complexity index is 489. The van der Waals surface area contributed by atoms with Gasteiger partial charge in [0.05, 0.1) is 5.52 Å². The number of rotatable bonds is 2. The van der Waals surface area contributed by atoms with E-state index in [0.29, 0.717) is 0 Å². The molecule has 1 N–H and O–H groups in total. The molecule has 0 radical (unpaired) electrons. The first-order valence-corrected chi connectivity index (χ1v) is 5.75. The van der Waals surface area contributed by atoms with Crippen molar-refractivity contribution in [2.75, 3.05) is 0 Å². The molecule has 0 atom stereocenters. The van der Waals surface area contributed by atoms with Crippen LogP contribution in [0, 0.1) is 0 Å². The quantitative estimate of drug-likeness (QED) is 0.816. The molecule has 86 valence electrons. The van der Waals surface area contributed by atoms with Crippen molar-refractivity contribution in [1.82, 2.24) is 9.88 Å². The minimum Gasteiger partial charge on any atom is -0.350 e. The first-order chi connectivity index (χ1) is 7.47. The number of aryl methyl sites for hydroxylation is 1. The monoisotopic (exact) mass is 216 g/mol. The first-order valence-electron chi connectivity index (χ1n) is 5.75. The molecule has 2 rings (SSSR count). The average Bonchev–Trinajstić information content (AvgIpc) is 2.57. The van der Waals surface area contributed by atoms with Crippen LogP contribution in [0.3, 0.4) is 0 Å². The third-order valence-electron chi connectivity index (χ3n) is 2.79. The fraction of sp³-hybridized carbons (Fsp3) is 0.429. The van der Waals surface area contributed by atoms with Crippen molar-refractivity contribution in [1.29, 1.82) is 0 Å². The van der Waals surface area contributed by atoms with Crippen LogP contribution >= 0.6 is 0 Å². The standard InChI is InChI=1S/C14H20N2/c1-14(2,3)15-10-12-7-5-6-11-8-9-16(4)13(11)12/h5-9,15H,10H2,1-4H3. The van der Waals surface area contributed by atoms with Gasteiger partial charge < -0.3 is 9.88 Å².